The van der Waals surface area contributed by atoms with Crippen LogP contribution in [0.25, 0.3) is 11.0 Å². The number of aliphatic hydroxyl groups is 2. The largest absolute Gasteiger partial charge is 0.399 e. The molecule has 0 bridgehead atoms. The Morgan fingerprint density at radius 1 is 1.32 bits per heavy atom. The Morgan fingerprint density at radius 3 is 2.47 bits per heavy atom. The van der Waals surface area contributed by atoms with Crippen LogP contribution >= 0.6 is 0 Å². The van der Waals surface area contributed by atoms with Crippen molar-refractivity contribution in [1.29, 1.82) is 0 Å². The molecule has 0 radical (unpaired) electrons. The molecule has 1 heterocycles. The predicted molar refractivity (Wildman–Crippen MR) is 76.1 cm³/mol. The lowest BCUT2D eigenvalue weighted by atomic mass is 10.0. The van der Waals surface area contributed by atoms with E-state index in [0.29, 0.717) is 5.69 Å². The van der Waals surface area contributed by atoms with E-state index in [1.165, 1.54) is 0 Å². The molecule has 0 unspecified atom stereocenters. The monoisotopic (exact) mass is 263 g/mol. The fourth-order valence-electron chi connectivity index (χ4n) is 2.26. The third-order valence-electron chi connectivity index (χ3n) is 3.44. The van der Waals surface area contributed by atoms with Crippen molar-refractivity contribution in [1.82, 2.24) is 9.55 Å². The topological polar surface area (TPSA) is 84.3 Å². The molecule has 5 heteroatoms. The van der Waals surface area contributed by atoms with Gasteiger partial charge in [0.25, 0.3) is 0 Å². The van der Waals surface area contributed by atoms with Gasteiger partial charge in [-0.1, -0.05) is 13.8 Å². The second kappa shape index (κ2) is 4.83. The molecule has 0 fully saturated rings. The lowest BCUT2D eigenvalue weighted by Gasteiger charge is -2.30. The van der Waals surface area contributed by atoms with Crippen molar-refractivity contribution in [3.63, 3.8) is 0 Å². The predicted octanol–water partition coefficient (Wildman–Crippen LogP) is 1.44. The molecule has 0 spiro atoms. The van der Waals surface area contributed by atoms with Gasteiger partial charge >= 0.3 is 0 Å². The van der Waals surface area contributed by atoms with E-state index < -0.39 is 5.54 Å². The third kappa shape index (κ3) is 2.19. The highest BCUT2D eigenvalue weighted by molar-refractivity contribution is 5.80. The molecule has 1 aromatic carbocycles. The van der Waals surface area contributed by atoms with Crippen LogP contribution in [-0.4, -0.2) is 33.0 Å². The standard InChI is InChI=1S/C14H21N3O2/c1-9(2)13-16-11-6-10(15)4-5-12(11)17(13)14(3,7-18)8-19/h4-6,9,18-19H,7-8,15H2,1-3H3. The first kappa shape index (κ1) is 13.8. The Morgan fingerprint density at radius 2 is 1.95 bits per heavy atom. The molecule has 0 amide bonds. The lowest BCUT2D eigenvalue weighted by molar-refractivity contribution is 0.0781. The molecule has 0 saturated carbocycles. The Hall–Kier alpha value is -1.59. The number of aliphatic hydroxyl groups excluding tert-OH is 2. The lowest BCUT2D eigenvalue weighted by Crippen LogP contribution is -2.39. The van der Waals surface area contributed by atoms with E-state index in [9.17, 15) is 10.2 Å². The molecule has 0 saturated heterocycles. The third-order valence-corrected chi connectivity index (χ3v) is 3.44. The SMILES string of the molecule is CC(C)c1nc2cc(N)ccc2n1C(C)(CO)CO. The Bertz CT molecular complexity index is 586. The van der Waals surface area contributed by atoms with Crippen molar-refractivity contribution in [3.8, 4) is 0 Å². The Labute approximate surface area is 112 Å². The number of fused-ring (bicyclic) bond motifs is 1. The number of imidazole rings is 1. The van der Waals surface area contributed by atoms with Crippen LogP contribution < -0.4 is 5.73 Å². The maximum Gasteiger partial charge on any atom is 0.113 e. The maximum absolute atomic E-state index is 9.64. The van der Waals surface area contributed by atoms with E-state index in [2.05, 4.69) is 4.98 Å². The van der Waals surface area contributed by atoms with E-state index in [0.717, 1.165) is 16.9 Å². The van der Waals surface area contributed by atoms with Gasteiger partial charge in [0, 0.05) is 11.6 Å². The van der Waals surface area contributed by atoms with Crippen LogP contribution in [0.15, 0.2) is 18.2 Å². The quantitative estimate of drug-likeness (QED) is 0.729. The van der Waals surface area contributed by atoms with Crippen LogP contribution in [0, 0.1) is 0 Å². The highest BCUT2D eigenvalue weighted by Crippen LogP contribution is 2.30. The average Bonchev–Trinajstić information content (AvgIpc) is 2.77. The summed E-state index contributed by atoms with van der Waals surface area (Å²) in [6.45, 7) is 5.58. The zero-order valence-electron chi connectivity index (χ0n) is 11.6. The van der Waals surface area contributed by atoms with Gasteiger partial charge in [-0.05, 0) is 25.1 Å². The Kier molecular flexibility index (Phi) is 3.52. The highest BCUT2D eigenvalue weighted by Gasteiger charge is 2.30. The van der Waals surface area contributed by atoms with E-state index in [4.69, 9.17) is 5.73 Å². The molecule has 104 valence electrons. The first-order valence-corrected chi connectivity index (χ1v) is 6.43. The maximum atomic E-state index is 9.64. The van der Waals surface area contributed by atoms with Gasteiger partial charge in [-0.25, -0.2) is 4.98 Å². The van der Waals surface area contributed by atoms with Gasteiger partial charge in [-0.15, -0.1) is 0 Å². The van der Waals surface area contributed by atoms with Gasteiger partial charge in [0.05, 0.1) is 29.8 Å². The minimum absolute atomic E-state index is 0.154. The van der Waals surface area contributed by atoms with E-state index in [1.807, 2.05) is 37.5 Å². The fraction of sp³-hybridized carbons (Fsp3) is 0.500. The van der Waals surface area contributed by atoms with Gasteiger partial charge in [-0.2, -0.15) is 0 Å². The molecule has 19 heavy (non-hydrogen) atoms. The molecule has 1 aromatic heterocycles. The molecular formula is C14H21N3O2. The number of hydrogen-bond donors (Lipinski definition) is 3. The summed E-state index contributed by atoms with van der Waals surface area (Å²) < 4.78 is 1.92. The number of nitrogens with zero attached hydrogens (tertiary/aromatic N) is 2. The van der Waals surface area contributed by atoms with Crippen molar-refractivity contribution in [3.05, 3.63) is 24.0 Å². The second-order valence-electron chi connectivity index (χ2n) is 5.52. The molecule has 0 aliphatic rings. The summed E-state index contributed by atoms with van der Waals surface area (Å²) in [5.41, 5.74) is 7.33. The summed E-state index contributed by atoms with van der Waals surface area (Å²) in [6, 6.07) is 5.50. The van der Waals surface area contributed by atoms with Crippen LogP contribution in [0.1, 0.15) is 32.5 Å². The smallest absolute Gasteiger partial charge is 0.113 e. The Balaban J connectivity index is 2.79. The summed E-state index contributed by atoms with van der Waals surface area (Å²) >= 11 is 0. The first-order chi connectivity index (χ1) is 8.92. The fourth-order valence-corrected chi connectivity index (χ4v) is 2.26. The molecule has 5 nitrogen and oxygen atoms in total. The molecule has 0 atom stereocenters. The molecule has 0 aliphatic carbocycles. The number of nitrogens with two attached hydrogens (primary N) is 1. The molecule has 0 aliphatic heterocycles. The normalized spacial score (nSPS) is 12.5. The second-order valence-corrected chi connectivity index (χ2v) is 5.52. The van der Waals surface area contributed by atoms with Crippen LogP contribution in [0.3, 0.4) is 0 Å². The van der Waals surface area contributed by atoms with Gasteiger partial charge < -0.3 is 20.5 Å². The van der Waals surface area contributed by atoms with Gasteiger partial charge in [0.2, 0.25) is 0 Å². The van der Waals surface area contributed by atoms with Crippen LogP contribution in [-0.2, 0) is 5.54 Å². The minimum atomic E-state index is -0.773. The number of nitrogen functional groups attached to an aromatic ring is 1. The van der Waals surface area contributed by atoms with Crippen LogP contribution in [0.4, 0.5) is 5.69 Å². The zero-order valence-corrected chi connectivity index (χ0v) is 11.6. The highest BCUT2D eigenvalue weighted by atomic mass is 16.3. The van der Waals surface area contributed by atoms with Crippen LogP contribution in [0.5, 0.6) is 0 Å². The molecule has 4 N–H and O–H groups in total. The van der Waals surface area contributed by atoms with Crippen LogP contribution in [0.2, 0.25) is 0 Å². The summed E-state index contributed by atoms with van der Waals surface area (Å²) in [7, 11) is 0. The number of rotatable bonds is 4. The molecule has 2 rings (SSSR count). The van der Waals surface area contributed by atoms with E-state index in [-0.39, 0.29) is 19.1 Å². The zero-order chi connectivity index (χ0) is 14.2. The summed E-state index contributed by atoms with van der Waals surface area (Å²) in [5.74, 6) is 1.03. The summed E-state index contributed by atoms with van der Waals surface area (Å²) in [5, 5.41) is 19.3. The van der Waals surface area contributed by atoms with Crippen molar-refractivity contribution in [2.45, 2.75) is 32.2 Å². The van der Waals surface area contributed by atoms with Gasteiger partial charge in [-0.3, -0.25) is 0 Å². The first-order valence-electron chi connectivity index (χ1n) is 6.43. The molecule has 2 aromatic rings. The summed E-state index contributed by atoms with van der Waals surface area (Å²) in [4.78, 5) is 4.60. The number of anilines is 1. The van der Waals surface area contributed by atoms with Crippen molar-refractivity contribution < 1.29 is 10.2 Å². The van der Waals surface area contributed by atoms with Gasteiger partial charge in [0.15, 0.2) is 0 Å². The van der Waals surface area contributed by atoms with E-state index in [1.54, 1.807) is 6.07 Å². The minimum Gasteiger partial charge on any atom is -0.399 e. The van der Waals surface area contributed by atoms with E-state index >= 15 is 0 Å². The summed E-state index contributed by atoms with van der Waals surface area (Å²) in [6.07, 6.45) is 0. The van der Waals surface area contributed by atoms with Gasteiger partial charge in [0.1, 0.15) is 5.82 Å². The van der Waals surface area contributed by atoms with Crippen molar-refractivity contribution in [2.75, 3.05) is 18.9 Å². The number of benzene rings is 1. The van der Waals surface area contributed by atoms with Crippen molar-refractivity contribution >= 4 is 16.7 Å². The molecular weight excluding hydrogens is 242 g/mol. The average molecular weight is 263 g/mol. The number of hydrogen-bond acceptors (Lipinski definition) is 4. The van der Waals surface area contributed by atoms with Crippen molar-refractivity contribution in [2.24, 2.45) is 0 Å². The number of aromatic nitrogens is 2.